The van der Waals surface area contributed by atoms with Gasteiger partial charge in [-0.15, -0.1) is 0 Å². The molecule has 0 aromatic heterocycles. The average molecular weight is 297 g/mol. The molecule has 2 heteroatoms. The van der Waals surface area contributed by atoms with Gasteiger partial charge in [-0.1, -0.05) is 38.3 Å². The smallest absolute Gasteiger partial charge is 0.119 e. The Morgan fingerprint density at radius 2 is 1.91 bits per heavy atom. The molecule has 1 saturated carbocycles. The molecule has 2 rings (SSSR count). The fourth-order valence-electron chi connectivity index (χ4n) is 3.18. The van der Waals surface area contributed by atoms with Crippen molar-refractivity contribution >= 4 is 0 Å². The van der Waals surface area contributed by atoms with Gasteiger partial charge in [0.15, 0.2) is 0 Å². The van der Waals surface area contributed by atoms with Crippen LogP contribution in [0, 0.1) is 23.2 Å². The van der Waals surface area contributed by atoms with Gasteiger partial charge in [-0.25, -0.2) is 0 Å². The molecule has 1 fully saturated rings. The summed E-state index contributed by atoms with van der Waals surface area (Å²) in [7, 11) is 0. The van der Waals surface area contributed by atoms with Crippen LogP contribution in [-0.4, -0.2) is 6.61 Å². The van der Waals surface area contributed by atoms with Crippen LogP contribution in [-0.2, 0) is 0 Å². The lowest BCUT2D eigenvalue weighted by Gasteiger charge is -2.26. The molecule has 1 aliphatic rings. The quantitative estimate of drug-likeness (QED) is 0.623. The molecule has 0 spiro atoms. The van der Waals surface area contributed by atoms with Gasteiger partial charge in [0.25, 0.3) is 0 Å². The second-order valence-corrected chi connectivity index (χ2v) is 6.30. The third kappa shape index (κ3) is 5.56. The molecule has 0 aliphatic heterocycles. The number of unbranched alkanes of at least 4 members (excludes halogenated alkanes) is 1. The van der Waals surface area contributed by atoms with Gasteiger partial charge in [0, 0.05) is 0 Å². The van der Waals surface area contributed by atoms with Crippen molar-refractivity contribution in [3.63, 3.8) is 0 Å². The molecule has 118 valence electrons. The largest absolute Gasteiger partial charge is 0.490 e. The second-order valence-electron chi connectivity index (χ2n) is 6.30. The fourth-order valence-corrected chi connectivity index (χ4v) is 3.18. The first-order valence-corrected chi connectivity index (χ1v) is 8.61. The molecular weight excluding hydrogens is 270 g/mol. The highest BCUT2D eigenvalue weighted by molar-refractivity contribution is 5.34. The van der Waals surface area contributed by atoms with E-state index in [-0.39, 0.29) is 0 Å². The highest BCUT2D eigenvalue weighted by atomic mass is 16.5. The SMILES string of the molecule is CCCCC1CCC(C=CCOc2ccc(C#N)cc2)CC1. The van der Waals surface area contributed by atoms with Gasteiger partial charge in [-0.2, -0.15) is 5.26 Å². The first-order valence-electron chi connectivity index (χ1n) is 8.61. The Morgan fingerprint density at radius 1 is 1.18 bits per heavy atom. The zero-order valence-electron chi connectivity index (χ0n) is 13.6. The first kappa shape index (κ1) is 16.6. The minimum atomic E-state index is 0.613. The summed E-state index contributed by atoms with van der Waals surface area (Å²) in [6, 6.07) is 9.39. The predicted octanol–water partition coefficient (Wildman–Crippen LogP) is 5.49. The summed E-state index contributed by atoms with van der Waals surface area (Å²) in [5.74, 6) is 2.54. The Bertz CT molecular complexity index is 489. The van der Waals surface area contributed by atoms with Crippen molar-refractivity contribution in [1.29, 1.82) is 5.26 Å². The molecule has 0 amide bonds. The molecule has 0 radical (unpaired) electrons. The van der Waals surface area contributed by atoms with Crippen molar-refractivity contribution in [2.75, 3.05) is 6.61 Å². The van der Waals surface area contributed by atoms with E-state index in [1.165, 1.54) is 44.9 Å². The maximum Gasteiger partial charge on any atom is 0.119 e. The van der Waals surface area contributed by atoms with Gasteiger partial charge in [0.05, 0.1) is 11.6 Å². The van der Waals surface area contributed by atoms with Crippen LogP contribution in [0.3, 0.4) is 0 Å². The first-order chi connectivity index (χ1) is 10.8. The Labute approximate surface area is 134 Å². The number of nitrogens with zero attached hydrogens (tertiary/aromatic N) is 1. The number of hydrogen-bond acceptors (Lipinski definition) is 2. The van der Waals surface area contributed by atoms with E-state index < -0.39 is 0 Å². The summed E-state index contributed by atoms with van der Waals surface area (Å²) in [6.45, 7) is 2.89. The maximum atomic E-state index is 8.75. The van der Waals surface area contributed by atoms with Crippen LogP contribution >= 0.6 is 0 Å². The van der Waals surface area contributed by atoms with Crippen molar-refractivity contribution < 1.29 is 4.74 Å². The van der Waals surface area contributed by atoms with Gasteiger partial charge < -0.3 is 4.74 Å². The van der Waals surface area contributed by atoms with E-state index in [2.05, 4.69) is 25.1 Å². The summed E-state index contributed by atoms with van der Waals surface area (Å²) in [6.07, 6.45) is 14.1. The van der Waals surface area contributed by atoms with Crippen molar-refractivity contribution in [2.45, 2.75) is 51.9 Å². The highest BCUT2D eigenvalue weighted by Gasteiger charge is 2.18. The summed E-state index contributed by atoms with van der Waals surface area (Å²) < 4.78 is 5.67. The number of allylic oxidation sites excluding steroid dienone is 1. The number of benzene rings is 1. The van der Waals surface area contributed by atoms with Crippen LogP contribution in [0.5, 0.6) is 5.75 Å². The molecule has 2 nitrogen and oxygen atoms in total. The van der Waals surface area contributed by atoms with Crippen LogP contribution < -0.4 is 4.74 Å². The molecule has 0 unspecified atom stereocenters. The lowest BCUT2D eigenvalue weighted by Crippen LogP contribution is -2.13. The van der Waals surface area contributed by atoms with E-state index in [1.54, 1.807) is 12.1 Å². The van der Waals surface area contributed by atoms with E-state index >= 15 is 0 Å². The van der Waals surface area contributed by atoms with Gasteiger partial charge >= 0.3 is 0 Å². The average Bonchev–Trinajstić information content (AvgIpc) is 2.58. The molecular formula is C20H27NO. The van der Waals surface area contributed by atoms with Crippen molar-refractivity contribution in [3.05, 3.63) is 42.0 Å². The topological polar surface area (TPSA) is 33.0 Å². The molecule has 0 heterocycles. The summed E-state index contributed by atoms with van der Waals surface area (Å²) in [5.41, 5.74) is 0.669. The van der Waals surface area contributed by atoms with Gasteiger partial charge in [-0.3, -0.25) is 0 Å². The van der Waals surface area contributed by atoms with E-state index in [0.717, 1.165) is 17.6 Å². The Kier molecular flexibility index (Phi) is 7.03. The third-order valence-corrected chi connectivity index (χ3v) is 4.60. The molecule has 0 saturated heterocycles. The van der Waals surface area contributed by atoms with Crippen molar-refractivity contribution in [1.82, 2.24) is 0 Å². The molecule has 1 aliphatic carbocycles. The van der Waals surface area contributed by atoms with Crippen LogP contribution in [0.25, 0.3) is 0 Å². The monoisotopic (exact) mass is 297 g/mol. The van der Waals surface area contributed by atoms with Crippen LogP contribution in [0.15, 0.2) is 36.4 Å². The van der Waals surface area contributed by atoms with Gasteiger partial charge in [0.2, 0.25) is 0 Å². The molecule has 0 atom stereocenters. The molecule has 1 aromatic carbocycles. The Morgan fingerprint density at radius 3 is 2.55 bits per heavy atom. The summed E-state index contributed by atoms with van der Waals surface area (Å²) >= 11 is 0. The molecule has 0 bridgehead atoms. The number of rotatable bonds is 7. The minimum absolute atomic E-state index is 0.613. The third-order valence-electron chi connectivity index (χ3n) is 4.60. The minimum Gasteiger partial charge on any atom is -0.490 e. The Hall–Kier alpha value is -1.75. The number of hydrogen-bond donors (Lipinski definition) is 0. The van der Waals surface area contributed by atoms with E-state index in [1.807, 2.05) is 12.1 Å². The van der Waals surface area contributed by atoms with Crippen molar-refractivity contribution in [2.24, 2.45) is 11.8 Å². The number of nitriles is 1. The van der Waals surface area contributed by atoms with E-state index in [4.69, 9.17) is 10.00 Å². The predicted molar refractivity (Wildman–Crippen MR) is 90.8 cm³/mol. The van der Waals surface area contributed by atoms with Crippen LogP contribution in [0.1, 0.15) is 57.4 Å². The van der Waals surface area contributed by atoms with Crippen LogP contribution in [0.4, 0.5) is 0 Å². The Balaban J connectivity index is 1.65. The molecule has 22 heavy (non-hydrogen) atoms. The molecule has 0 N–H and O–H groups in total. The van der Waals surface area contributed by atoms with Gasteiger partial charge in [0.1, 0.15) is 12.4 Å². The van der Waals surface area contributed by atoms with Crippen LogP contribution in [0.2, 0.25) is 0 Å². The zero-order chi connectivity index (χ0) is 15.6. The van der Waals surface area contributed by atoms with Crippen molar-refractivity contribution in [3.8, 4) is 11.8 Å². The maximum absolute atomic E-state index is 8.75. The summed E-state index contributed by atoms with van der Waals surface area (Å²) in [5, 5.41) is 8.75. The highest BCUT2D eigenvalue weighted by Crippen LogP contribution is 2.32. The zero-order valence-corrected chi connectivity index (χ0v) is 13.6. The fraction of sp³-hybridized carbons (Fsp3) is 0.550. The van der Waals surface area contributed by atoms with E-state index in [9.17, 15) is 0 Å². The number of ether oxygens (including phenoxy) is 1. The standard InChI is InChI=1S/C20H27NO/c1-2-3-5-17-7-9-18(10-8-17)6-4-15-22-20-13-11-19(16-21)12-14-20/h4,6,11-14,17-18H,2-3,5,7-10,15H2,1H3. The van der Waals surface area contributed by atoms with E-state index in [0.29, 0.717) is 12.2 Å². The van der Waals surface area contributed by atoms with Gasteiger partial charge in [-0.05, 0) is 61.8 Å². The summed E-state index contributed by atoms with van der Waals surface area (Å²) in [4.78, 5) is 0. The molecule has 1 aromatic rings. The normalized spacial score (nSPS) is 21.6. The lowest BCUT2D eigenvalue weighted by molar-refractivity contribution is 0.289. The second kappa shape index (κ2) is 9.30. The lowest BCUT2D eigenvalue weighted by atomic mass is 9.80.